The number of carbonyl (C=O) groups is 3. The van der Waals surface area contributed by atoms with Crippen LogP contribution in [0.1, 0.15) is 258 Å². The Labute approximate surface area is 402 Å². The van der Waals surface area contributed by atoms with Crippen molar-refractivity contribution in [2.75, 3.05) is 41.0 Å². The van der Waals surface area contributed by atoms with E-state index in [4.69, 9.17) is 14.2 Å². The Morgan fingerprint density at radius 1 is 0.462 bits per heavy atom. The summed E-state index contributed by atoms with van der Waals surface area (Å²) in [5.74, 6) is -1.72. The number of hydrogen-bond donors (Lipinski definition) is 0. The number of carbonyl (C=O) groups excluding carboxylic acids is 3. The van der Waals surface area contributed by atoms with Crippen LogP contribution in [0.3, 0.4) is 0 Å². The van der Waals surface area contributed by atoms with Gasteiger partial charge in [-0.3, -0.25) is 9.59 Å². The van der Waals surface area contributed by atoms with E-state index in [0.717, 1.165) is 57.8 Å². The fraction of sp³-hybridized carbons (Fsp3) is 0.842. The molecule has 0 aromatic carbocycles. The molecule has 0 rings (SSSR count). The monoisotopic (exact) mass is 916 g/mol. The van der Waals surface area contributed by atoms with Crippen LogP contribution in [0.4, 0.5) is 0 Å². The molecular weight excluding hydrogens is 811 g/mol. The summed E-state index contributed by atoms with van der Waals surface area (Å²) in [5, 5.41) is 11.7. The molecule has 0 bridgehead atoms. The molecule has 0 radical (unpaired) electrons. The largest absolute Gasteiger partial charge is 0.544 e. The Morgan fingerprint density at radius 3 is 1.23 bits per heavy atom. The van der Waals surface area contributed by atoms with Crippen molar-refractivity contribution >= 4 is 17.9 Å². The number of allylic oxidation sites excluding steroid dienone is 6. The first-order valence-corrected chi connectivity index (χ1v) is 27.5. The first-order chi connectivity index (χ1) is 31.6. The van der Waals surface area contributed by atoms with Crippen molar-refractivity contribution in [2.45, 2.75) is 270 Å². The van der Waals surface area contributed by atoms with E-state index >= 15 is 0 Å². The van der Waals surface area contributed by atoms with Crippen LogP contribution in [0.5, 0.6) is 0 Å². The summed E-state index contributed by atoms with van der Waals surface area (Å²) in [4.78, 5) is 37.1. The van der Waals surface area contributed by atoms with Gasteiger partial charge >= 0.3 is 11.9 Å². The van der Waals surface area contributed by atoms with Gasteiger partial charge in [0.25, 0.3) is 0 Å². The van der Waals surface area contributed by atoms with Gasteiger partial charge in [0.05, 0.1) is 40.3 Å². The van der Waals surface area contributed by atoms with Gasteiger partial charge < -0.3 is 28.6 Å². The van der Waals surface area contributed by atoms with E-state index in [1.54, 1.807) is 0 Å². The van der Waals surface area contributed by atoms with Gasteiger partial charge in [-0.25, -0.2) is 0 Å². The van der Waals surface area contributed by atoms with Gasteiger partial charge in [0.1, 0.15) is 12.6 Å². The molecule has 8 heteroatoms. The lowest BCUT2D eigenvalue weighted by atomic mass is 10.0. The van der Waals surface area contributed by atoms with E-state index in [1.807, 2.05) is 21.1 Å². The van der Waals surface area contributed by atoms with Crippen LogP contribution < -0.4 is 5.11 Å². The molecule has 0 aromatic heterocycles. The minimum absolute atomic E-state index is 0.0418. The zero-order valence-corrected chi connectivity index (χ0v) is 43.4. The van der Waals surface area contributed by atoms with Crippen molar-refractivity contribution in [3.05, 3.63) is 36.5 Å². The Morgan fingerprint density at radius 2 is 0.815 bits per heavy atom. The molecule has 65 heavy (non-hydrogen) atoms. The zero-order chi connectivity index (χ0) is 47.7. The van der Waals surface area contributed by atoms with Crippen LogP contribution in [-0.4, -0.2) is 75.5 Å². The number of hydrogen-bond acceptors (Lipinski definition) is 7. The molecule has 2 unspecified atom stereocenters. The van der Waals surface area contributed by atoms with Gasteiger partial charge in [-0.2, -0.15) is 0 Å². The third-order valence-electron chi connectivity index (χ3n) is 12.5. The van der Waals surface area contributed by atoms with Gasteiger partial charge in [0.2, 0.25) is 0 Å². The highest BCUT2D eigenvalue weighted by atomic mass is 16.6. The van der Waals surface area contributed by atoms with Gasteiger partial charge in [0, 0.05) is 19.3 Å². The summed E-state index contributed by atoms with van der Waals surface area (Å²) in [6, 6.07) is -0.726. The average Bonchev–Trinajstić information content (AvgIpc) is 3.27. The normalized spacial score (nSPS) is 13.1. The lowest BCUT2D eigenvalue weighted by molar-refractivity contribution is -0.889. The molecular formula is C57H105NO7. The topological polar surface area (TPSA) is 102 Å². The highest BCUT2D eigenvalue weighted by Gasteiger charge is 2.25. The number of rotatable bonds is 50. The molecule has 0 fully saturated rings. The SMILES string of the molecule is CCCCC/C=C/C/C=C/C/C=C/CCCCCCCCCCCC(=O)OC(COCCC(C(=O)[O-])[N+](C)(C)C)COC(=O)CCCCCCCCCCCCCCCCCCCCC. The maximum absolute atomic E-state index is 12.8. The first-order valence-electron chi connectivity index (χ1n) is 27.5. The summed E-state index contributed by atoms with van der Waals surface area (Å²) in [5.41, 5.74) is 0. The Balaban J connectivity index is 4.19. The van der Waals surface area contributed by atoms with Crippen molar-refractivity contribution in [1.82, 2.24) is 0 Å². The Hall–Kier alpha value is -2.45. The Bertz CT molecular complexity index is 1160. The second kappa shape index (κ2) is 48.0. The molecule has 0 spiro atoms. The fourth-order valence-electron chi connectivity index (χ4n) is 8.26. The number of ether oxygens (including phenoxy) is 3. The highest BCUT2D eigenvalue weighted by molar-refractivity contribution is 5.70. The number of aliphatic carboxylic acids is 1. The molecule has 8 nitrogen and oxygen atoms in total. The molecule has 0 aromatic rings. The molecule has 380 valence electrons. The summed E-state index contributed by atoms with van der Waals surface area (Å²) >= 11 is 0. The second-order valence-corrected chi connectivity index (χ2v) is 19.8. The maximum Gasteiger partial charge on any atom is 0.306 e. The van der Waals surface area contributed by atoms with Crippen molar-refractivity contribution in [1.29, 1.82) is 0 Å². The summed E-state index contributed by atoms with van der Waals surface area (Å²) < 4.78 is 17.3. The summed E-state index contributed by atoms with van der Waals surface area (Å²) in [7, 11) is 5.42. The standard InChI is InChI=1S/C57H105NO7/c1-6-8-10-12-14-16-18-20-22-24-26-27-28-30-32-34-36-38-40-42-44-46-48-56(60)65-53(51-63-50-49-54(57(61)62)58(3,4)5)52-64-55(59)47-45-43-41-39-37-35-33-31-29-25-23-21-19-17-15-13-11-9-7-2/h14,16,20,22,26-27,53-54H,6-13,15,17-19,21,23-25,28-52H2,1-5H3/b16-14+,22-20+,27-26+. The average molecular weight is 916 g/mol. The second-order valence-electron chi connectivity index (χ2n) is 19.8. The van der Waals surface area contributed by atoms with Crippen molar-refractivity contribution < 1.29 is 38.2 Å². The molecule has 0 aliphatic carbocycles. The fourth-order valence-corrected chi connectivity index (χ4v) is 8.26. The lowest BCUT2D eigenvalue weighted by Gasteiger charge is -2.34. The number of carboxylic acids is 1. The molecule has 0 aliphatic rings. The molecule has 0 amide bonds. The number of quaternary nitrogens is 1. The van der Waals surface area contributed by atoms with Gasteiger partial charge in [-0.1, -0.05) is 224 Å². The van der Waals surface area contributed by atoms with Crippen molar-refractivity contribution in [3.63, 3.8) is 0 Å². The summed E-state index contributed by atoms with van der Waals surface area (Å²) in [6.07, 6.45) is 57.4. The zero-order valence-electron chi connectivity index (χ0n) is 43.4. The molecule has 2 atom stereocenters. The predicted molar refractivity (Wildman–Crippen MR) is 273 cm³/mol. The first kappa shape index (κ1) is 62.5. The van der Waals surface area contributed by atoms with Crippen LogP contribution in [-0.2, 0) is 28.6 Å². The van der Waals surface area contributed by atoms with E-state index in [-0.39, 0.29) is 42.7 Å². The quantitative estimate of drug-likeness (QED) is 0.0259. The van der Waals surface area contributed by atoms with Crippen molar-refractivity contribution in [2.24, 2.45) is 0 Å². The van der Waals surface area contributed by atoms with Gasteiger partial charge in [-0.15, -0.1) is 0 Å². The number of likely N-dealkylation sites (N-methyl/N-ethyl adjacent to an activating group) is 1. The van der Waals surface area contributed by atoms with E-state index in [1.165, 1.54) is 167 Å². The van der Waals surface area contributed by atoms with E-state index in [9.17, 15) is 19.5 Å². The van der Waals surface area contributed by atoms with Gasteiger partial charge in [-0.05, 0) is 51.4 Å². The molecule has 0 aliphatic heterocycles. The van der Waals surface area contributed by atoms with E-state index in [0.29, 0.717) is 12.8 Å². The third kappa shape index (κ3) is 46.4. The lowest BCUT2D eigenvalue weighted by Crippen LogP contribution is -2.55. The van der Waals surface area contributed by atoms with Crippen molar-refractivity contribution in [3.8, 4) is 0 Å². The van der Waals surface area contributed by atoms with Crippen LogP contribution >= 0.6 is 0 Å². The van der Waals surface area contributed by atoms with E-state index in [2.05, 4.69) is 50.3 Å². The van der Waals surface area contributed by atoms with Crippen LogP contribution in [0, 0.1) is 0 Å². The van der Waals surface area contributed by atoms with Crippen LogP contribution in [0.2, 0.25) is 0 Å². The van der Waals surface area contributed by atoms with Crippen LogP contribution in [0.15, 0.2) is 36.5 Å². The number of carboxylic acid groups (broad SMARTS) is 1. The number of nitrogens with zero attached hydrogens (tertiary/aromatic N) is 1. The number of unbranched alkanes of at least 4 members (excludes halogenated alkanes) is 30. The molecule has 0 saturated heterocycles. The number of esters is 2. The maximum atomic E-state index is 12.8. The highest BCUT2D eigenvalue weighted by Crippen LogP contribution is 2.17. The van der Waals surface area contributed by atoms with E-state index < -0.39 is 18.1 Å². The molecule has 0 saturated carbocycles. The third-order valence-corrected chi connectivity index (χ3v) is 12.5. The minimum Gasteiger partial charge on any atom is -0.544 e. The minimum atomic E-state index is -1.12. The van der Waals surface area contributed by atoms with Gasteiger partial charge in [0.15, 0.2) is 6.10 Å². The van der Waals surface area contributed by atoms with Crippen LogP contribution in [0.25, 0.3) is 0 Å². The summed E-state index contributed by atoms with van der Waals surface area (Å²) in [6.45, 7) is 4.67. The molecule has 0 heterocycles. The smallest absolute Gasteiger partial charge is 0.306 e. The predicted octanol–water partition coefficient (Wildman–Crippen LogP) is 14.8. The molecule has 0 N–H and O–H groups in total. The Kier molecular flexibility index (Phi) is 46.2.